The molecule has 1 aliphatic carbocycles. The van der Waals surface area contributed by atoms with Crippen molar-refractivity contribution in [1.29, 1.82) is 0 Å². The monoisotopic (exact) mass is 593 g/mol. The van der Waals surface area contributed by atoms with E-state index in [4.69, 9.17) is 10.5 Å². The zero-order chi connectivity index (χ0) is 29.2. The van der Waals surface area contributed by atoms with E-state index in [2.05, 4.69) is 15.6 Å². The molecule has 2 aliphatic heterocycles. The third-order valence-electron chi connectivity index (χ3n) is 9.24. The first-order valence-corrected chi connectivity index (χ1v) is 16.0. The highest BCUT2D eigenvalue weighted by atomic mass is 32.3. The Hall–Kier alpha value is -2.19. The Morgan fingerprint density at radius 3 is 2.68 bits per heavy atom. The van der Waals surface area contributed by atoms with E-state index in [1.807, 2.05) is 0 Å². The molecule has 9 nitrogen and oxygen atoms in total. The Morgan fingerprint density at radius 1 is 1.24 bits per heavy atom. The van der Waals surface area contributed by atoms with Gasteiger partial charge in [0.25, 0.3) is 0 Å². The Bertz CT molecular complexity index is 1210. The second kappa shape index (κ2) is 12.6. The lowest BCUT2D eigenvalue weighted by Crippen LogP contribution is -2.55. The molecular formula is C29H41F2N5O4S. The van der Waals surface area contributed by atoms with Crippen LogP contribution in [0.25, 0.3) is 0 Å². The van der Waals surface area contributed by atoms with Crippen molar-refractivity contribution in [1.82, 2.24) is 14.6 Å². The molecule has 1 aromatic carbocycles. The molecule has 1 unspecified atom stereocenters. The lowest BCUT2D eigenvalue weighted by molar-refractivity contribution is -0.119. The van der Waals surface area contributed by atoms with Gasteiger partial charge in [-0.1, -0.05) is 12.1 Å². The summed E-state index contributed by atoms with van der Waals surface area (Å²) in [5.41, 5.74) is 7.27. The maximum absolute atomic E-state index is 15.1. The van der Waals surface area contributed by atoms with E-state index >= 15 is 4.39 Å². The average molecular weight is 594 g/mol. The molecule has 226 valence electrons. The Balaban J connectivity index is 1.34. The minimum absolute atomic E-state index is 0.0602. The Morgan fingerprint density at radius 2 is 1.98 bits per heavy atom. The number of pyridine rings is 1. The molecule has 6 N–H and O–H groups in total. The molecule has 1 aromatic heterocycles. The molecule has 4 atom stereocenters. The van der Waals surface area contributed by atoms with Crippen LogP contribution >= 0.6 is 10.8 Å². The SMILES string of the molecule is CO[C@H]1CC[C@](c2ccc(F)cc2)([C@H](N)C(=O)Nc2cncc(F)c2CC[C@H]2CN[C@@H]3CCCS(O)(O)N2C3)CC1. The molecule has 2 aromatic rings. The number of fused-ring (bicyclic) bond motifs is 2. The van der Waals surface area contributed by atoms with Crippen molar-refractivity contribution < 1.29 is 27.4 Å². The van der Waals surface area contributed by atoms with E-state index in [-0.39, 0.29) is 36.1 Å². The number of nitrogens with one attached hydrogen (secondary N) is 2. The van der Waals surface area contributed by atoms with Crippen LogP contribution in [-0.2, 0) is 21.4 Å². The quantitative estimate of drug-likeness (QED) is 0.308. The van der Waals surface area contributed by atoms with Gasteiger partial charge in [0.1, 0.15) is 11.6 Å². The predicted octanol–water partition coefficient (Wildman–Crippen LogP) is 4.19. The number of ether oxygens (including phenoxy) is 1. The summed E-state index contributed by atoms with van der Waals surface area (Å²) in [4.78, 5) is 17.6. The van der Waals surface area contributed by atoms with Crippen molar-refractivity contribution in [2.45, 2.75) is 81.0 Å². The zero-order valence-corrected chi connectivity index (χ0v) is 24.2. The van der Waals surface area contributed by atoms with Crippen LogP contribution in [0.5, 0.6) is 0 Å². The van der Waals surface area contributed by atoms with Crippen molar-refractivity contribution >= 4 is 22.4 Å². The number of amides is 1. The van der Waals surface area contributed by atoms with Gasteiger partial charge in [0.05, 0.1) is 36.0 Å². The van der Waals surface area contributed by atoms with Crippen LogP contribution in [-0.4, -0.2) is 74.5 Å². The molecule has 12 heteroatoms. The van der Waals surface area contributed by atoms with Gasteiger partial charge in [-0.05, 0) is 69.1 Å². The molecule has 2 saturated heterocycles. The molecule has 3 fully saturated rings. The van der Waals surface area contributed by atoms with E-state index < -0.39 is 34.0 Å². The minimum Gasteiger partial charge on any atom is -0.381 e. The van der Waals surface area contributed by atoms with E-state index in [1.165, 1.54) is 18.3 Å². The van der Waals surface area contributed by atoms with Crippen LogP contribution in [0.1, 0.15) is 56.1 Å². The molecule has 3 aliphatic rings. The normalized spacial score (nSPS) is 31.1. The lowest BCUT2D eigenvalue weighted by atomic mass is 9.64. The first-order chi connectivity index (χ1) is 19.6. The fourth-order valence-corrected chi connectivity index (χ4v) is 8.64. The lowest BCUT2D eigenvalue weighted by Gasteiger charge is -2.49. The van der Waals surface area contributed by atoms with Crippen molar-refractivity contribution in [2.75, 3.05) is 31.3 Å². The summed E-state index contributed by atoms with van der Waals surface area (Å²) in [6, 6.07) is 5.15. The number of anilines is 1. The fraction of sp³-hybridized carbons (Fsp3) is 0.586. The fourth-order valence-electron chi connectivity index (χ4n) is 6.77. The molecule has 3 heterocycles. The number of aromatic nitrogens is 1. The van der Waals surface area contributed by atoms with E-state index in [0.717, 1.165) is 24.6 Å². The van der Waals surface area contributed by atoms with Crippen LogP contribution in [0.4, 0.5) is 14.5 Å². The average Bonchev–Trinajstić information content (AvgIpc) is 3.08. The summed E-state index contributed by atoms with van der Waals surface area (Å²) < 4.78 is 57.7. The standard InChI is InChI=1S/C29H41F2N5O4S/c1-40-23-10-12-29(13-11-23,19-4-6-20(30)7-5-19)27(32)28(37)35-26-17-33-16-25(31)24(26)9-8-22-15-34-21-3-2-14-41(38,39)36(22)18-21/h4-7,16-17,21-23,27,34,38-39H,2-3,8-15,18,32H2,1H3,(H,35,37)/t21-,22+,23-,27-,29-/m1/s1. The number of hydrogen-bond donors (Lipinski definition) is 5. The van der Waals surface area contributed by atoms with Crippen LogP contribution in [0.2, 0.25) is 0 Å². The molecule has 2 bridgehead atoms. The largest absolute Gasteiger partial charge is 0.381 e. The van der Waals surface area contributed by atoms with Gasteiger partial charge in [-0.2, -0.15) is 0 Å². The summed E-state index contributed by atoms with van der Waals surface area (Å²) in [6.07, 6.45) is 7.52. The van der Waals surface area contributed by atoms with E-state index in [1.54, 1.807) is 23.5 Å². The number of rotatable bonds is 8. The maximum atomic E-state index is 15.1. The number of benzene rings is 1. The highest BCUT2D eigenvalue weighted by Crippen LogP contribution is 2.49. The van der Waals surface area contributed by atoms with Gasteiger partial charge in [-0.15, -0.1) is 10.8 Å². The molecular weight excluding hydrogens is 552 g/mol. The third-order valence-corrected chi connectivity index (χ3v) is 11.3. The first kappa shape index (κ1) is 30.3. The minimum atomic E-state index is -2.88. The Kier molecular flexibility index (Phi) is 9.29. The van der Waals surface area contributed by atoms with Crippen LogP contribution < -0.4 is 16.4 Å². The summed E-state index contributed by atoms with van der Waals surface area (Å²) in [5, 5.41) is 6.32. The van der Waals surface area contributed by atoms with E-state index in [0.29, 0.717) is 56.5 Å². The zero-order valence-electron chi connectivity index (χ0n) is 23.4. The summed E-state index contributed by atoms with van der Waals surface area (Å²) >= 11 is 0. The molecule has 5 rings (SSSR count). The van der Waals surface area contributed by atoms with Crippen LogP contribution in [0.15, 0.2) is 36.7 Å². The molecule has 1 amide bonds. The van der Waals surface area contributed by atoms with Crippen molar-refractivity contribution in [3.63, 3.8) is 0 Å². The van der Waals surface area contributed by atoms with Crippen molar-refractivity contribution in [3.05, 3.63) is 59.4 Å². The number of halogens is 2. The number of nitrogens with zero attached hydrogens (tertiary/aromatic N) is 2. The van der Waals surface area contributed by atoms with E-state index in [9.17, 15) is 18.3 Å². The van der Waals surface area contributed by atoms with Gasteiger partial charge in [0, 0.05) is 43.3 Å². The second-order valence-electron chi connectivity index (χ2n) is 11.6. The molecule has 0 spiro atoms. The highest BCUT2D eigenvalue weighted by Gasteiger charge is 2.45. The molecule has 41 heavy (non-hydrogen) atoms. The van der Waals surface area contributed by atoms with Crippen LogP contribution in [0, 0.1) is 11.6 Å². The molecule has 1 saturated carbocycles. The van der Waals surface area contributed by atoms with Crippen molar-refractivity contribution in [2.24, 2.45) is 5.73 Å². The third kappa shape index (κ3) is 6.43. The van der Waals surface area contributed by atoms with Gasteiger partial charge in [-0.3, -0.25) is 18.9 Å². The number of nitrogens with two attached hydrogens (primary N) is 1. The number of piperazine rings is 1. The first-order valence-electron chi connectivity index (χ1n) is 14.4. The summed E-state index contributed by atoms with van der Waals surface area (Å²) in [6.45, 7) is 1.11. The smallest absolute Gasteiger partial charge is 0.242 e. The van der Waals surface area contributed by atoms with Crippen LogP contribution in [0.3, 0.4) is 0 Å². The Labute approximate surface area is 241 Å². The van der Waals surface area contributed by atoms with Gasteiger partial charge in [-0.25, -0.2) is 13.1 Å². The predicted molar refractivity (Wildman–Crippen MR) is 156 cm³/mol. The van der Waals surface area contributed by atoms with Gasteiger partial charge in [0.2, 0.25) is 5.91 Å². The van der Waals surface area contributed by atoms with Crippen molar-refractivity contribution in [3.8, 4) is 0 Å². The number of carbonyl (C=O) groups excluding carboxylic acids is 1. The highest BCUT2D eigenvalue weighted by molar-refractivity contribution is 8.22. The number of hydrogen-bond acceptors (Lipinski definition) is 8. The summed E-state index contributed by atoms with van der Waals surface area (Å²) in [5.74, 6) is -1.05. The second-order valence-corrected chi connectivity index (χ2v) is 13.7. The topological polar surface area (TPSA) is 133 Å². The van der Waals surface area contributed by atoms with Gasteiger partial charge >= 0.3 is 0 Å². The molecule has 0 radical (unpaired) electrons. The van der Waals surface area contributed by atoms with Gasteiger partial charge in [0.15, 0.2) is 0 Å². The summed E-state index contributed by atoms with van der Waals surface area (Å²) in [7, 11) is -1.22. The van der Waals surface area contributed by atoms with Gasteiger partial charge < -0.3 is 21.1 Å². The number of methoxy groups -OCH3 is 1. The number of carbonyl (C=O) groups is 1. The maximum Gasteiger partial charge on any atom is 0.242 e.